The predicted molar refractivity (Wildman–Crippen MR) is 87.5 cm³/mol. The molecule has 0 aromatic heterocycles. The van der Waals surface area contributed by atoms with E-state index in [1.807, 2.05) is 11.8 Å². The van der Waals surface area contributed by atoms with Crippen LogP contribution in [0.2, 0.25) is 0 Å². The second-order valence-corrected chi connectivity index (χ2v) is 7.17. The maximum atomic E-state index is 12.3. The molecule has 2 fully saturated rings. The number of rotatable bonds is 4. The molecule has 0 bridgehead atoms. The monoisotopic (exact) mass is 301 g/mol. The zero-order chi connectivity index (χ0) is 15.6. The van der Waals surface area contributed by atoms with E-state index in [9.17, 15) is 9.90 Å². The third-order valence-electron chi connectivity index (χ3n) is 5.74. The van der Waals surface area contributed by atoms with E-state index in [0.717, 1.165) is 19.5 Å². The Hall–Kier alpha value is -1.35. The summed E-state index contributed by atoms with van der Waals surface area (Å²) in [5, 5.41) is 9.28. The molecule has 3 heteroatoms. The zero-order valence-electron chi connectivity index (χ0n) is 13.5. The SMILES string of the molecule is CC[C@H](CO)C(=O)N1CC2(CCC(c3ccccc3)CC2)C1. The first-order chi connectivity index (χ1) is 10.7. The van der Waals surface area contributed by atoms with Crippen LogP contribution in [0.15, 0.2) is 30.3 Å². The summed E-state index contributed by atoms with van der Waals surface area (Å²) in [6.07, 6.45) is 5.67. The summed E-state index contributed by atoms with van der Waals surface area (Å²) in [4.78, 5) is 14.2. The molecule has 1 spiro atoms. The highest BCUT2D eigenvalue weighted by molar-refractivity contribution is 5.80. The lowest BCUT2D eigenvalue weighted by Gasteiger charge is -2.54. The molecule has 1 amide bonds. The van der Waals surface area contributed by atoms with Gasteiger partial charge in [-0.2, -0.15) is 0 Å². The third-order valence-corrected chi connectivity index (χ3v) is 5.74. The Morgan fingerprint density at radius 1 is 1.27 bits per heavy atom. The summed E-state index contributed by atoms with van der Waals surface area (Å²) in [5.41, 5.74) is 1.84. The van der Waals surface area contributed by atoms with Gasteiger partial charge in [0.1, 0.15) is 0 Å². The summed E-state index contributed by atoms with van der Waals surface area (Å²) in [6, 6.07) is 10.8. The lowest BCUT2D eigenvalue weighted by Crippen LogP contribution is -2.60. The van der Waals surface area contributed by atoms with Gasteiger partial charge >= 0.3 is 0 Å². The van der Waals surface area contributed by atoms with Crippen molar-refractivity contribution in [1.29, 1.82) is 0 Å². The molecule has 3 nitrogen and oxygen atoms in total. The summed E-state index contributed by atoms with van der Waals surface area (Å²) in [6.45, 7) is 3.77. The van der Waals surface area contributed by atoms with Crippen LogP contribution in [0.25, 0.3) is 0 Å². The number of carbonyl (C=O) groups is 1. The van der Waals surface area contributed by atoms with Gasteiger partial charge in [-0.05, 0) is 43.6 Å². The minimum Gasteiger partial charge on any atom is -0.396 e. The Morgan fingerprint density at radius 2 is 1.91 bits per heavy atom. The van der Waals surface area contributed by atoms with E-state index in [4.69, 9.17) is 0 Å². The largest absolute Gasteiger partial charge is 0.396 e. The van der Waals surface area contributed by atoms with E-state index < -0.39 is 0 Å². The van der Waals surface area contributed by atoms with Crippen molar-refractivity contribution in [3.05, 3.63) is 35.9 Å². The number of aliphatic hydroxyl groups excluding tert-OH is 1. The zero-order valence-corrected chi connectivity index (χ0v) is 13.5. The van der Waals surface area contributed by atoms with Gasteiger partial charge in [0.25, 0.3) is 0 Å². The normalized spacial score (nSPS) is 22.4. The van der Waals surface area contributed by atoms with Gasteiger partial charge in [0, 0.05) is 18.5 Å². The van der Waals surface area contributed by atoms with Crippen LogP contribution in [0.1, 0.15) is 50.5 Å². The van der Waals surface area contributed by atoms with Crippen LogP contribution in [0.5, 0.6) is 0 Å². The van der Waals surface area contributed by atoms with Crippen LogP contribution in [0.3, 0.4) is 0 Å². The molecular formula is C19H27NO2. The molecule has 3 rings (SSSR count). The molecule has 1 aromatic rings. The minimum absolute atomic E-state index is 0.0189. The Kier molecular flexibility index (Phi) is 4.53. The van der Waals surface area contributed by atoms with Crippen LogP contribution < -0.4 is 0 Å². The molecule has 1 N–H and O–H groups in total. The quantitative estimate of drug-likeness (QED) is 0.928. The predicted octanol–water partition coefficient (Wildman–Crippen LogP) is 3.19. The van der Waals surface area contributed by atoms with Gasteiger partial charge < -0.3 is 10.0 Å². The van der Waals surface area contributed by atoms with Crippen LogP contribution in [0, 0.1) is 11.3 Å². The number of benzene rings is 1. The lowest BCUT2D eigenvalue weighted by atomic mass is 9.64. The first-order valence-corrected chi connectivity index (χ1v) is 8.62. The summed E-state index contributed by atoms with van der Waals surface area (Å²) >= 11 is 0. The molecule has 1 saturated carbocycles. The van der Waals surface area contributed by atoms with Crippen molar-refractivity contribution in [2.24, 2.45) is 11.3 Å². The number of hydrogen-bond donors (Lipinski definition) is 1. The molecule has 1 aliphatic heterocycles. The highest BCUT2D eigenvalue weighted by Crippen LogP contribution is 2.48. The Morgan fingerprint density at radius 3 is 2.45 bits per heavy atom. The fourth-order valence-corrected chi connectivity index (χ4v) is 4.16. The van der Waals surface area contributed by atoms with E-state index in [2.05, 4.69) is 30.3 Å². The number of nitrogens with zero attached hydrogens (tertiary/aromatic N) is 1. The fourth-order valence-electron chi connectivity index (χ4n) is 4.16. The van der Waals surface area contributed by atoms with Crippen molar-refractivity contribution >= 4 is 5.91 Å². The van der Waals surface area contributed by atoms with E-state index in [1.54, 1.807) is 0 Å². The van der Waals surface area contributed by atoms with Gasteiger partial charge in [0.05, 0.1) is 12.5 Å². The van der Waals surface area contributed by atoms with Gasteiger partial charge in [0.15, 0.2) is 0 Å². The standard InChI is InChI=1S/C19H27NO2/c1-2-15(12-21)18(22)20-13-19(14-20)10-8-17(9-11-19)16-6-4-3-5-7-16/h3-7,15,17,21H,2,8-14H2,1H3/t15-/m1/s1. The van der Waals surface area contributed by atoms with Gasteiger partial charge in [-0.1, -0.05) is 37.3 Å². The van der Waals surface area contributed by atoms with Crippen LogP contribution in [0.4, 0.5) is 0 Å². The molecular weight excluding hydrogens is 274 g/mol. The second kappa shape index (κ2) is 6.41. The summed E-state index contributed by atoms with van der Waals surface area (Å²) < 4.78 is 0. The van der Waals surface area contributed by atoms with Crippen molar-refractivity contribution in [3.63, 3.8) is 0 Å². The Labute approximate surface area is 133 Å². The second-order valence-electron chi connectivity index (χ2n) is 7.17. The van der Waals surface area contributed by atoms with Gasteiger partial charge in [0.2, 0.25) is 5.91 Å². The van der Waals surface area contributed by atoms with Crippen LogP contribution in [-0.4, -0.2) is 35.6 Å². The average Bonchev–Trinajstić information content (AvgIpc) is 2.54. The van der Waals surface area contributed by atoms with Crippen molar-refractivity contribution in [2.45, 2.75) is 44.9 Å². The van der Waals surface area contributed by atoms with E-state index in [-0.39, 0.29) is 18.4 Å². The van der Waals surface area contributed by atoms with Gasteiger partial charge in [-0.3, -0.25) is 4.79 Å². The van der Waals surface area contributed by atoms with Crippen molar-refractivity contribution < 1.29 is 9.90 Å². The first kappa shape index (κ1) is 15.5. The average molecular weight is 301 g/mol. The number of likely N-dealkylation sites (tertiary alicyclic amines) is 1. The Balaban J connectivity index is 1.52. The highest BCUT2D eigenvalue weighted by Gasteiger charge is 2.47. The topological polar surface area (TPSA) is 40.5 Å². The molecule has 1 atom stereocenters. The summed E-state index contributed by atoms with van der Waals surface area (Å²) in [7, 11) is 0. The third kappa shape index (κ3) is 2.91. The lowest BCUT2D eigenvalue weighted by molar-refractivity contribution is -0.151. The number of carbonyl (C=O) groups excluding carboxylic acids is 1. The molecule has 1 heterocycles. The number of amides is 1. The molecule has 22 heavy (non-hydrogen) atoms. The molecule has 1 aliphatic carbocycles. The van der Waals surface area contributed by atoms with Crippen LogP contribution in [-0.2, 0) is 4.79 Å². The number of hydrogen-bond acceptors (Lipinski definition) is 2. The molecule has 0 unspecified atom stereocenters. The van der Waals surface area contributed by atoms with Gasteiger partial charge in [-0.25, -0.2) is 0 Å². The Bertz CT molecular complexity index is 493. The molecule has 1 aromatic carbocycles. The fraction of sp³-hybridized carbons (Fsp3) is 0.632. The molecule has 0 radical (unpaired) electrons. The highest BCUT2D eigenvalue weighted by atomic mass is 16.3. The first-order valence-electron chi connectivity index (χ1n) is 8.62. The molecule has 1 saturated heterocycles. The van der Waals surface area contributed by atoms with E-state index in [0.29, 0.717) is 11.3 Å². The maximum absolute atomic E-state index is 12.3. The molecule has 2 aliphatic rings. The summed E-state index contributed by atoms with van der Waals surface area (Å²) in [5.74, 6) is 0.649. The minimum atomic E-state index is -0.196. The van der Waals surface area contributed by atoms with Crippen molar-refractivity contribution in [3.8, 4) is 0 Å². The number of aliphatic hydroxyl groups is 1. The van der Waals surface area contributed by atoms with E-state index >= 15 is 0 Å². The van der Waals surface area contributed by atoms with E-state index in [1.165, 1.54) is 31.2 Å². The maximum Gasteiger partial charge on any atom is 0.228 e. The molecule has 120 valence electrons. The van der Waals surface area contributed by atoms with Gasteiger partial charge in [-0.15, -0.1) is 0 Å². The van der Waals surface area contributed by atoms with Crippen LogP contribution >= 0.6 is 0 Å². The van der Waals surface area contributed by atoms with Crippen molar-refractivity contribution in [1.82, 2.24) is 4.90 Å². The smallest absolute Gasteiger partial charge is 0.228 e. The van der Waals surface area contributed by atoms with Crippen molar-refractivity contribution in [2.75, 3.05) is 19.7 Å².